The van der Waals surface area contributed by atoms with Crippen LogP contribution in [0.25, 0.3) is 0 Å². The van der Waals surface area contributed by atoms with Crippen LogP contribution < -0.4 is 4.90 Å². The highest BCUT2D eigenvalue weighted by Gasteiger charge is 2.08. The van der Waals surface area contributed by atoms with Gasteiger partial charge >= 0.3 is 0 Å². The molecule has 2 aromatic rings. The van der Waals surface area contributed by atoms with Gasteiger partial charge in [-0.2, -0.15) is 0 Å². The topological polar surface area (TPSA) is 36.4 Å². The number of hydrogen-bond acceptors (Lipinski definition) is 3. The lowest BCUT2D eigenvalue weighted by Gasteiger charge is -2.23. The second-order valence-corrected chi connectivity index (χ2v) is 4.31. The van der Waals surface area contributed by atoms with Gasteiger partial charge in [-0.3, -0.25) is 4.98 Å². The highest BCUT2D eigenvalue weighted by Crippen LogP contribution is 2.20. The maximum Gasteiger partial charge on any atom is 0.125 e. The molecular formula is C15H17FN2O. The first-order valence-electron chi connectivity index (χ1n) is 6.28. The average Bonchev–Trinajstić information content (AvgIpc) is 2.45. The fourth-order valence-electron chi connectivity index (χ4n) is 1.98. The summed E-state index contributed by atoms with van der Waals surface area (Å²) in [4.78, 5) is 6.29. The standard InChI is InChI=1S/C15H17FN2O/c1-2-18(10-14-5-3-4-6-17-14)15-8-12(11-19)7-13(16)9-15/h3-9,19H,2,10-11H2,1H3. The molecule has 1 N–H and O–H groups in total. The van der Waals surface area contributed by atoms with E-state index in [4.69, 9.17) is 5.11 Å². The summed E-state index contributed by atoms with van der Waals surface area (Å²) in [6.07, 6.45) is 1.74. The fraction of sp³-hybridized carbons (Fsp3) is 0.267. The van der Waals surface area contributed by atoms with Crippen LogP contribution in [0.15, 0.2) is 42.6 Å². The molecule has 0 saturated carbocycles. The largest absolute Gasteiger partial charge is 0.392 e. The molecule has 0 radical (unpaired) electrons. The molecule has 1 aromatic carbocycles. The van der Waals surface area contributed by atoms with Crippen LogP contribution in [0.5, 0.6) is 0 Å². The molecule has 3 nitrogen and oxygen atoms in total. The van der Waals surface area contributed by atoms with Gasteiger partial charge in [-0.05, 0) is 42.8 Å². The van der Waals surface area contributed by atoms with E-state index < -0.39 is 0 Å². The highest BCUT2D eigenvalue weighted by atomic mass is 19.1. The number of pyridine rings is 1. The lowest BCUT2D eigenvalue weighted by atomic mass is 10.2. The van der Waals surface area contributed by atoms with E-state index in [9.17, 15) is 4.39 Å². The molecule has 0 bridgehead atoms. The van der Waals surface area contributed by atoms with Crippen molar-refractivity contribution in [1.82, 2.24) is 4.98 Å². The molecule has 0 saturated heterocycles. The van der Waals surface area contributed by atoms with Crippen molar-refractivity contribution in [2.45, 2.75) is 20.1 Å². The van der Waals surface area contributed by atoms with Crippen molar-refractivity contribution < 1.29 is 9.50 Å². The molecule has 0 aliphatic heterocycles. The van der Waals surface area contributed by atoms with Crippen molar-refractivity contribution in [2.75, 3.05) is 11.4 Å². The van der Waals surface area contributed by atoms with Gasteiger partial charge < -0.3 is 10.0 Å². The number of rotatable bonds is 5. The summed E-state index contributed by atoms with van der Waals surface area (Å²) >= 11 is 0. The third-order valence-electron chi connectivity index (χ3n) is 2.95. The normalized spacial score (nSPS) is 10.5. The second-order valence-electron chi connectivity index (χ2n) is 4.31. The molecule has 0 amide bonds. The summed E-state index contributed by atoms with van der Waals surface area (Å²) in [6.45, 7) is 3.20. The summed E-state index contributed by atoms with van der Waals surface area (Å²) in [6, 6.07) is 10.4. The minimum Gasteiger partial charge on any atom is -0.392 e. The van der Waals surface area contributed by atoms with E-state index in [0.717, 1.165) is 17.9 Å². The third-order valence-corrected chi connectivity index (χ3v) is 2.95. The van der Waals surface area contributed by atoms with Crippen LogP contribution in [0.1, 0.15) is 18.2 Å². The lowest BCUT2D eigenvalue weighted by molar-refractivity contribution is 0.281. The van der Waals surface area contributed by atoms with E-state index in [-0.39, 0.29) is 12.4 Å². The Hall–Kier alpha value is -1.94. The van der Waals surface area contributed by atoms with Gasteiger partial charge in [-0.1, -0.05) is 6.07 Å². The maximum atomic E-state index is 13.5. The van der Waals surface area contributed by atoms with Gasteiger partial charge in [0.25, 0.3) is 0 Å². The predicted octanol–water partition coefficient (Wildman–Crippen LogP) is 2.74. The number of anilines is 1. The van der Waals surface area contributed by atoms with Gasteiger partial charge in [0.2, 0.25) is 0 Å². The Bertz CT molecular complexity index is 531. The number of aliphatic hydroxyl groups is 1. The highest BCUT2D eigenvalue weighted by molar-refractivity contribution is 5.49. The second kappa shape index (κ2) is 6.29. The van der Waals surface area contributed by atoms with Crippen LogP contribution >= 0.6 is 0 Å². The first kappa shape index (κ1) is 13.5. The summed E-state index contributed by atoms with van der Waals surface area (Å²) < 4.78 is 13.5. The van der Waals surface area contributed by atoms with Crippen LogP contribution in [0, 0.1) is 5.82 Å². The Kier molecular flexibility index (Phi) is 4.47. The number of hydrogen-bond donors (Lipinski definition) is 1. The SMILES string of the molecule is CCN(Cc1ccccn1)c1cc(F)cc(CO)c1. The van der Waals surface area contributed by atoms with Gasteiger partial charge in [-0.25, -0.2) is 4.39 Å². The molecule has 4 heteroatoms. The number of aromatic nitrogens is 1. The lowest BCUT2D eigenvalue weighted by Crippen LogP contribution is -2.22. The number of nitrogens with zero attached hydrogens (tertiary/aromatic N) is 2. The van der Waals surface area contributed by atoms with Crippen molar-refractivity contribution in [3.8, 4) is 0 Å². The maximum absolute atomic E-state index is 13.5. The van der Waals surface area contributed by atoms with Gasteiger partial charge in [0.1, 0.15) is 5.82 Å². The van der Waals surface area contributed by atoms with E-state index in [1.165, 1.54) is 12.1 Å². The van der Waals surface area contributed by atoms with E-state index in [1.54, 1.807) is 12.3 Å². The van der Waals surface area contributed by atoms with Crippen molar-refractivity contribution in [2.24, 2.45) is 0 Å². The zero-order valence-corrected chi connectivity index (χ0v) is 10.9. The summed E-state index contributed by atoms with van der Waals surface area (Å²) in [5.74, 6) is -0.332. The molecule has 19 heavy (non-hydrogen) atoms. The predicted molar refractivity (Wildman–Crippen MR) is 73.3 cm³/mol. The number of aliphatic hydroxyl groups excluding tert-OH is 1. The molecule has 0 fully saturated rings. The smallest absolute Gasteiger partial charge is 0.125 e. The van der Waals surface area contributed by atoms with Gasteiger partial charge in [-0.15, -0.1) is 0 Å². The minimum atomic E-state index is -0.332. The van der Waals surface area contributed by atoms with Crippen LogP contribution in [0.3, 0.4) is 0 Å². The summed E-state index contributed by atoms with van der Waals surface area (Å²) in [5.41, 5.74) is 2.27. The fourth-order valence-corrected chi connectivity index (χ4v) is 1.98. The Morgan fingerprint density at radius 2 is 2.11 bits per heavy atom. The van der Waals surface area contributed by atoms with Crippen LogP contribution in [-0.2, 0) is 13.2 Å². The van der Waals surface area contributed by atoms with Crippen LogP contribution in [0.4, 0.5) is 10.1 Å². The molecule has 0 spiro atoms. The number of benzene rings is 1. The summed E-state index contributed by atoms with van der Waals surface area (Å²) in [5, 5.41) is 9.13. The molecular weight excluding hydrogens is 243 g/mol. The van der Waals surface area contributed by atoms with E-state index >= 15 is 0 Å². The first-order chi connectivity index (χ1) is 9.22. The molecule has 100 valence electrons. The van der Waals surface area contributed by atoms with E-state index in [2.05, 4.69) is 4.98 Å². The Labute approximate surface area is 112 Å². The average molecular weight is 260 g/mol. The van der Waals surface area contributed by atoms with Gasteiger partial charge in [0.05, 0.1) is 18.8 Å². The van der Waals surface area contributed by atoms with Crippen molar-refractivity contribution in [3.63, 3.8) is 0 Å². The van der Waals surface area contributed by atoms with Crippen molar-refractivity contribution in [1.29, 1.82) is 0 Å². The van der Waals surface area contributed by atoms with E-state index in [1.807, 2.05) is 30.0 Å². The Morgan fingerprint density at radius 3 is 2.74 bits per heavy atom. The zero-order valence-electron chi connectivity index (χ0n) is 10.9. The molecule has 0 unspecified atom stereocenters. The minimum absolute atomic E-state index is 0.161. The van der Waals surface area contributed by atoms with Gasteiger partial charge in [0, 0.05) is 18.4 Å². The molecule has 1 heterocycles. The monoisotopic (exact) mass is 260 g/mol. The van der Waals surface area contributed by atoms with Gasteiger partial charge in [0.15, 0.2) is 0 Å². The number of halogens is 1. The Balaban J connectivity index is 2.24. The molecule has 0 aliphatic rings. The van der Waals surface area contributed by atoms with E-state index in [0.29, 0.717) is 12.1 Å². The quantitative estimate of drug-likeness (QED) is 0.898. The molecule has 2 rings (SSSR count). The molecule has 1 aromatic heterocycles. The molecule has 0 aliphatic carbocycles. The summed E-state index contributed by atoms with van der Waals surface area (Å²) in [7, 11) is 0. The Morgan fingerprint density at radius 1 is 1.26 bits per heavy atom. The van der Waals surface area contributed by atoms with Crippen molar-refractivity contribution >= 4 is 5.69 Å². The molecule has 0 atom stereocenters. The third kappa shape index (κ3) is 3.51. The zero-order chi connectivity index (χ0) is 13.7. The van der Waals surface area contributed by atoms with Crippen molar-refractivity contribution in [3.05, 3.63) is 59.7 Å². The van der Waals surface area contributed by atoms with Crippen LogP contribution in [-0.4, -0.2) is 16.6 Å². The van der Waals surface area contributed by atoms with Crippen LogP contribution in [0.2, 0.25) is 0 Å². The first-order valence-corrected chi connectivity index (χ1v) is 6.28.